The molecule has 1 saturated heterocycles. The first-order valence-corrected chi connectivity index (χ1v) is 11.6. The Morgan fingerprint density at radius 1 is 1.11 bits per heavy atom. The summed E-state index contributed by atoms with van der Waals surface area (Å²) in [6.45, 7) is 8.02. The van der Waals surface area contributed by atoms with Crippen LogP contribution in [0.3, 0.4) is 0 Å². The van der Waals surface area contributed by atoms with Crippen LogP contribution >= 0.6 is 0 Å². The van der Waals surface area contributed by atoms with E-state index in [9.17, 15) is 13.9 Å². The van der Waals surface area contributed by atoms with Gasteiger partial charge in [-0.25, -0.2) is 28.7 Å². The van der Waals surface area contributed by atoms with Gasteiger partial charge in [0.15, 0.2) is 11.6 Å². The van der Waals surface area contributed by atoms with Crippen molar-refractivity contribution in [2.75, 3.05) is 18.4 Å². The number of fused-ring (bicyclic) bond motifs is 1. The lowest BCUT2D eigenvalue weighted by Crippen LogP contribution is -2.21. The minimum atomic E-state index is -0.655. The van der Waals surface area contributed by atoms with Crippen LogP contribution in [0.15, 0.2) is 36.7 Å². The Bertz CT molecular complexity index is 1370. The Morgan fingerprint density at radius 2 is 1.94 bits per heavy atom. The van der Waals surface area contributed by atoms with Gasteiger partial charge in [-0.1, -0.05) is 6.07 Å². The van der Waals surface area contributed by atoms with Crippen LogP contribution in [-0.4, -0.2) is 53.7 Å². The van der Waals surface area contributed by atoms with Crippen molar-refractivity contribution in [2.45, 2.75) is 45.9 Å². The third-order valence-electron chi connectivity index (χ3n) is 6.18. The van der Waals surface area contributed by atoms with Gasteiger partial charge in [-0.2, -0.15) is 0 Å². The molecule has 0 radical (unpaired) electrons. The van der Waals surface area contributed by atoms with Crippen molar-refractivity contribution in [1.29, 1.82) is 0 Å². The zero-order valence-corrected chi connectivity index (χ0v) is 19.8. The summed E-state index contributed by atoms with van der Waals surface area (Å²) < 4.78 is 31.5. The second kappa shape index (κ2) is 9.27. The fourth-order valence-corrected chi connectivity index (χ4v) is 4.61. The molecule has 0 amide bonds. The minimum absolute atomic E-state index is 0.0123. The molecule has 35 heavy (non-hydrogen) atoms. The lowest BCUT2D eigenvalue weighted by atomic mass is 10.1. The van der Waals surface area contributed by atoms with E-state index in [1.54, 1.807) is 18.3 Å². The van der Waals surface area contributed by atoms with Crippen molar-refractivity contribution in [3.05, 3.63) is 59.7 Å². The molecular weight excluding hydrogens is 452 g/mol. The summed E-state index contributed by atoms with van der Waals surface area (Å²) in [7, 11) is 0. The monoisotopic (exact) mass is 479 g/mol. The number of imidazole rings is 1. The molecule has 0 spiro atoms. The Morgan fingerprint density at radius 3 is 2.63 bits per heavy atom. The minimum Gasteiger partial charge on any atom is -0.392 e. The molecule has 1 aromatic carbocycles. The topological polar surface area (TPSA) is 92.0 Å². The van der Waals surface area contributed by atoms with Crippen LogP contribution in [0.1, 0.15) is 37.7 Å². The molecular formula is C25H27F2N7O. The number of anilines is 2. The third-order valence-corrected chi connectivity index (χ3v) is 6.18. The standard InChI is InChI=1S/C25H27F2N7O/c1-14(2)34-15(3)30-24-19(26)8-17(9-21(24)34)23-20(27)11-29-25(32-23)31-22-5-4-16(10-28-22)12-33-7-6-18(35)13-33/h4-5,8-11,14,18,35H,6-7,12-13H2,1-3H3,(H,28,29,31,32)/t18-/m0/s1. The summed E-state index contributed by atoms with van der Waals surface area (Å²) in [6.07, 6.45) is 3.33. The highest BCUT2D eigenvalue weighted by Crippen LogP contribution is 2.30. The number of rotatable bonds is 6. The normalized spacial score (nSPS) is 16.5. The van der Waals surface area contributed by atoms with E-state index < -0.39 is 11.6 Å². The number of hydrogen-bond acceptors (Lipinski definition) is 7. The first-order valence-electron chi connectivity index (χ1n) is 11.6. The Balaban J connectivity index is 1.40. The number of aliphatic hydroxyl groups excluding tert-OH is 1. The molecule has 0 saturated carbocycles. The molecule has 8 nitrogen and oxygen atoms in total. The SMILES string of the molecule is Cc1nc2c(F)cc(-c3nc(Nc4ccc(CN5CC[C@H](O)C5)cn4)ncc3F)cc2n1C(C)C. The molecule has 1 fully saturated rings. The van der Waals surface area contributed by atoms with Crippen LogP contribution in [-0.2, 0) is 6.54 Å². The second-order valence-corrected chi connectivity index (χ2v) is 9.19. The van der Waals surface area contributed by atoms with Gasteiger partial charge in [-0.3, -0.25) is 4.90 Å². The Kier molecular flexibility index (Phi) is 6.16. The number of benzene rings is 1. The molecule has 4 aromatic rings. The summed E-state index contributed by atoms with van der Waals surface area (Å²) in [5.41, 5.74) is 2.15. The molecule has 1 aliphatic heterocycles. The van der Waals surface area contributed by atoms with Crippen molar-refractivity contribution in [3.8, 4) is 11.3 Å². The molecule has 10 heteroatoms. The molecule has 3 aromatic heterocycles. The molecule has 4 heterocycles. The van der Waals surface area contributed by atoms with Crippen molar-refractivity contribution in [2.24, 2.45) is 0 Å². The molecule has 0 aliphatic carbocycles. The van der Waals surface area contributed by atoms with E-state index in [1.807, 2.05) is 31.4 Å². The maximum absolute atomic E-state index is 14.9. The number of nitrogens with zero attached hydrogens (tertiary/aromatic N) is 6. The highest BCUT2D eigenvalue weighted by molar-refractivity contribution is 5.83. The first kappa shape index (κ1) is 23.3. The van der Waals surface area contributed by atoms with Crippen LogP contribution < -0.4 is 5.32 Å². The molecule has 2 N–H and O–H groups in total. The van der Waals surface area contributed by atoms with E-state index in [0.717, 1.165) is 24.7 Å². The zero-order chi connectivity index (χ0) is 24.7. The number of aryl methyl sites for hydroxylation is 1. The Labute approximate surface area is 201 Å². The van der Waals surface area contributed by atoms with E-state index in [0.29, 0.717) is 35.8 Å². The van der Waals surface area contributed by atoms with Crippen LogP contribution in [0.4, 0.5) is 20.5 Å². The summed E-state index contributed by atoms with van der Waals surface area (Å²) in [6, 6.07) is 6.74. The van der Waals surface area contributed by atoms with Crippen LogP contribution in [0.5, 0.6) is 0 Å². The van der Waals surface area contributed by atoms with Crippen molar-refractivity contribution in [1.82, 2.24) is 29.4 Å². The van der Waals surface area contributed by atoms with Gasteiger partial charge in [0.25, 0.3) is 0 Å². The fraction of sp³-hybridized carbons (Fsp3) is 0.360. The zero-order valence-electron chi connectivity index (χ0n) is 19.8. The van der Waals surface area contributed by atoms with Gasteiger partial charge < -0.3 is 15.0 Å². The maximum Gasteiger partial charge on any atom is 0.229 e. The highest BCUT2D eigenvalue weighted by Gasteiger charge is 2.20. The number of hydrogen-bond donors (Lipinski definition) is 2. The molecule has 5 rings (SSSR count). The largest absolute Gasteiger partial charge is 0.392 e. The summed E-state index contributed by atoms with van der Waals surface area (Å²) in [4.78, 5) is 19.2. The van der Waals surface area contributed by atoms with Gasteiger partial charge in [0.2, 0.25) is 5.95 Å². The lowest BCUT2D eigenvalue weighted by molar-refractivity contribution is 0.175. The van der Waals surface area contributed by atoms with Crippen molar-refractivity contribution < 1.29 is 13.9 Å². The predicted molar refractivity (Wildman–Crippen MR) is 129 cm³/mol. The van der Waals surface area contributed by atoms with Crippen molar-refractivity contribution >= 4 is 22.8 Å². The number of pyridine rings is 1. The van der Waals surface area contributed by atoms with Gasteiger partial charge in [0.05, 0.1) is 17.8 Å². The van der Waals surface area contributed by atoms with Gasteiger partial charge in [0, 0.05) is 37.4 Å². The van der Waals surface area contributed by atoms with E-state index >= 15 is 0 Å². The second-order valence-electron chi connectivity index (χ2n) is 9.19. The van der Waals surface area contributed by atoms with Crippen molar-refractivity contribution in [3.63, 3.8) is 0 Å². The van der Waals surface area contributed by atoms with Gasteiger partial charge in [0.1, 0.15) is 22.9 Å². The molecule has 182 valence electrons. The molecule has 0 unspecified atom stereocenters. The number of likely N-dealkylation sites (tertiary alicyclic amines) is 1. The van der Waals surface area contributed by atoms with Gasteiger partial charge in [-0.15, -0.1) is 0 Å². The van der Waals surface area contributed by atoms with E-state index in [2.05, 4.69) is 30.2 Å². The highest BCUT2D eigenvalue weighted by atomic mass is 19.1. The average molecular weight is 480 g/mol. The van der Waals surface area contributed by atoms with E-state index in [4.69, 9.17) is 0 Å². The van der Waals surface area contributed by atoms with Crippen LogP contribution in [0.2, 0.25) is 0 Å². The number of nitrogens with one attached hydrogen (secondary N) is 1. The van der Waals surface area contributed by atoms with Gasteiger partial charge >= 0.3 is 0 Å². The maximum atomic E-state index is 14.9. The van der Waals surface area contributed by atoms with E-state index in [1.165, 1.54) is 6.07 Å². The molecule has 1 atom stereocenters. The fourth-order valence-electron chi connectivity index (χ4n) is 4.61. The number of aromatic nitrogens is 5. The Hall–Kier alpha value is -3.50. The summed E-state index contributed by atoms with van der Waals surface area (Å²) >= 11 is 0. The van der Waals surface area contributed by atoms with Crippen LogP contribution in [0.25, 0.3) is 22.3 Å². The number of β-amino-alcohol motifs (C(OH)–C–C–N with tert-alkyl or cyclic N) is 1. The average Bonchev–Trinajstić information content (AvgIpc) is 3.38. The third kappa shape index (κ3) is 4.71. The first-order chi connectivity index (χ1) is 16.8. The smallest absolute Gasteiger partial charge is 0.229 e. The summed E-state index contributed by atoms with van der Waals surface area (Å²) in [5, 5.41) is 12.7. The van der Waals surface area contributed by atoms with E-state index in [-0.39, 0.29) is 29.3 Å². The predicted octanol–water partition coefficient (Wildman–Crippen LogP) is 4.37. The number of aliphatic hydroxyl groups is 1. The number of halogens is 2. The van der Waals surface area contributed by atoms with Gasteiger partial charge in [-0.05, 0) is 51.0 Å². The molecule has 1 aliphatic rings. The lowest BCUT2D eigenvalue weighted by Gasteiger charge is -2.15. The molecule has 0 bridgehead atoms. The van der Waals surface area contributed by atoms with Crippen LogP contribution in [0, 0.1) is 18.6 Å². The summed E-state index contributed by atoms with van der Waals surface area (Å²) in [5.74, 6) is 0.154. The quantitative estimate of drug-likeness (QED) is 0.424.